The van der Waals surface area contributed by atoms with Crippen LogP contribution in [0.2, 0.25) is 0 Å². The van der Waals surface area contributed by atoms with Crippen LogP contribution in [0.4, 0.5) is 16.4 Å². The average molecular weight is 376 g/mol. The quantitative estimate of drug-likeness (QED) is 0.578. The van der Waals surface area contributed by atoms with Crippen molar-refractivity contribution in [2.75, 3.05) is 44.9 Å². The van der Waals surface area contributed by atoms with Crippen LogP contribution in [0.15, 0.2) is 12.5 Å². The van der Waals surface area contributed by atoms with E-state index in [1.54, 1.807) is 23.0 Å². The zero-order valence-corrected chi connectivity index (χ0v) is 16.8. The molecule has 0 saturated carbocycles. The van der Waals surface area contributed by atoms with Crippen molar-refractivity contribution in [3.05, 3.63) is 18.1 Å². The van der Waals surface area contributed by atoms with E-state index in [0.29, 0.717) is 42.3 Å². The van der Waals surface area contributed by atoms with Gasteiger partial charge in [-0.3, -0.25) is 4.79 Å². The van der Waals surface area contributed by atoms with E-state index in [1.165, 1.54) is 6.33 Å². The Hall–Kier alpha value is -2.84. The summed E-state index contributed by atoms with van der Waals surface area (Å²) >= 11 is 0. The molecule has 0 unspecified atom stereocenters. The van der Waals surface area contributed by atoms with Gasteiger partial charge in [-0.05, 0) is 27.2 Å². The first-order valence-electron chi connectivity index (χ1n) is 8.81. The predicted molar refractivity (Wildman–Crippen MR) is 104 cm³/mol. The molecule has 2 N–H and O–H groups in total. The van der Waals surface area contributed by atoms with Gasteiger partial charge >= 0.3 is 6.09 Å². The van der Waals surface area contributed by atoms with Crippen molar-refractivity contribution in [3.8, 4) is 0 Å². The molecule has 1 aliphatic rings. The van der Waals surface area contributed by atoms with E-state index in [0.717, 1.165) is 0 Å². The SMILES string of the molecule is CN(C)/C=C1\C(=O)Nc2ncnc(NCCCN(C)C(=O)OC(C)(C)C)c21. The zero-order chi connectivity index (χ0) is 20.2. The molecule has 0 radical (unpaired) electrons. The predicted octanol–water partition coefficient (Wildman–Crippen LogP) is 2.00. The van der Waals surface area contributed by atoms with E-state index in [2.05, 4.69) is 20.6 Å². The molecule has 9 heteroatoms. The number of ether oxygens (including phenoxy) is 1. The molecule has 2 heterocycles. The first kappa shape index (κ1) is 20.5. The minimum atomic E-state index is -0.514. The highest BCUT2D eigenvalue weighted by Gasteiger charge is 2.29. The summed E-state index contributed by atoms with van der Waals surface area (Å²) in [6.45, 7) is 6.63. The van der Waals surface area contributed by atoms with Gasteiger partial charge in [-0.25, -0.2) is 14.8 Å². The van der Waals surface area contributed by atoms with Crippen LogP contribution < -0.4 is 10.6 Å². The lowest BCUT2D eigenvalue weighted by Crippen LogP contribution is -2.35. The molecule has 27 heavy (non-hydrogen) atoms. The number of aromatic nitrogens is 2. The highest BCUT2D eigenvalue weighted by molar-refractivity contribution is 6.32. The molecule has 0 spiro atoms. The number of fused-ring (bicyclic) bond motifs is 1. The summed E-state index contributed by atoms with van der Waals surface area (Å²) < 4.78 is 5.33. The lowest BCUT2D eigenvalue weighted by atomic mass is 10.1. The molecule has 0 atom stereocenters. The van der Waals surface area contributed by atoms with Gasteiger partial charge in [-0.15, -0.1) is 0 Å². The van der Waals surface area contributed by atoms with Crippen molar-refractivity contribution in [3.63, 3.8) is 0 Å². The van der Waals surface area contributed by atoms with Gasteiger partial charge in [0.15, 0.2) is 0 Å². The fourth-order valence-electron chi connectivity index (χ4n) is 2.49. The minimum Gasteiger partial charge on any atom is -0.444 e. The van der Waals surface area contributed by atoms with Gasteiger partial charge in [0.05, 0.1) is 11.1 Å². The van der Waals surface area contributed by atoms with Gasteiger partial charge in [0, 0.05) is 40.4 Å². The molecule has 148 valence electrons. The van der Waals surface area contributed by atoms with Crippen LogP contribution in [0.3, 0.4) is 0 Å². The summed E-state index contributed by atoms with van der Waals surface area (Å²) in [4.78, 5) is 35.9. The van der Waals surface area contributed by atoms with Crippen LogP contribution in [0.25, 0.3) is 5.57 Å². The molecule has 0 bridgehead atoms. The maximum atomic E-state index is 12.2. The molecule has 0 aromatic carbocycles. The Bertz CT molecular complexity index is 739. The number of carbonyl (C=O) groups excluding carboxylic acids is 2. The number of anilines is 2. The second-order valence-electron chi connectivity index (χ2n) is 7.59. The molecular weight excluding hydrogens is 348 g/mol. The van der Waals surface area contributed by atoms with Crippen molar-refractivity contribution in [1.29, 1.82) is 0 Å². The summed E-state index contributed by atoms with van der Waals surface area (Å²) in [6.07, 6.45) is 3.50. The van der Waals surface area contributed by atoms with Crippen LogP contribution >= 0.6 is 0 Å². The van der Waals surface area contributed by atoms with E-state index < -0.39 is 5.60 Å². The van der Waals surface area contributed by atoms with E-state index in [-0.39, 0.29) is 12.0 Å². The average Bonchev–Trinajstić information content (AvgIpc) is 2.85. The Balaban J connectivity index is 1.96. The smallest absolute Gasteiger partial charge is 0.410 e. The summed E-state index contributed by atoms with van der Waals surface area (Å²) in [5.74, 6) is 0.884. The van der Waals surface area contributed by atoms with Gasteiger partial charge in [0.1, 0.15) is 23.6 Å². The third-order valence-electron chi connectivity index (χ3n) is 3.65. The lowest BCUT2D eigenvalue weighted by molar-refractivity contribution is -0.110. The lowest BCUT2D eigenvalue weighted by Gasteiger charge is -2.24. The van der Waals surface area contributed by atoms with Gasteiger partial charge < -0.3 is 25.2 Å². The number of amides is 2. The van der Waals surface area contributed by atoms with Crippen LogP contribution in [0.1, 0.15) is 32.8 Å². The number of nitrogens with zero attached hydrogens (tertiary/aromatic N) is 4. The van der Waals surface area contributed by atoms with Gasteiger partial charge in [0.2, 0.25) is 0 Å². The Morgan fingerprint density at radius 1 is 1.30 bits per heavy atom. The Kier molecular flexibility index (Phi) is 6.24. The normalized spacial score (nSPS) is 14.6. The molecular formula is C18H28N6O3. The van der Waals surface area contributed by atoms with Crippen molar-refractivity contribution < 1.29 is 14.3 Å². The summed E-state index contributed by atoms with van der Waals surface area (Å²) in [5, 5.41) is 5.97. The van der Waals surface area contributed by atoms with Crippen molar-refractivity contribution in [2.45, 2.75) is 32.8 Å². The van der Waals surface area contributed by atoms with Gasteiger partial charge in [0.25, 0.3) is 5.91 Å². The maximum Gasteiger partial charge on any atom is 0.410 e. The molecule has 1 aliphatic heterocycles. The van der Waals surface area contributed by atoms with Gasteiger partial charge in [-0.2, -0.15) is 0 Å². The highest BCUT2D eigenvalue weighted by atomic mass is 16.6. The van der Waals surface area contributed by atoms with E-state index >= 15 is 0 Å². The van der Waals surface area contributed by atoms with E-state index in [4.69, 9.17) is 4.74 Å². The van der Waals surface area contributed by atoms with Gasteiger partial charge in [-0.1, -0.05) is 0 Å². The number of nitrogens with one attached hydrogen (secondary N) is 2. The number of hydrogen-bond acceptors (Lipinski definition) is 7. The Morgan fingerprint density at radius 3 is 2.63 bits per heavy atom. The number of hydrogen-bond donors (Lipinski definition) is 2. The maximum absolute atomic E-state index is 12.2. The molecule has 9 nitrogen and oxygen atoms in total. The van der Waals surface area contributed by atoms with Crippen LogP contribution in [0.5, 0.6) is 0 Å². The molecule has 0 aliphatic carbocycles. The monoisotopic (exact) mass is 376 g/mol. The van der Waals surface area contributed by atoms with Crippen LogP contribution in [-0.2, 0) is 9.53 Å². The molecule has 0 saturated heterocycles. The minimum absolute atomic E-state index is 0.202. The molecule has 2 rings (SSSR count). The summed E-state index contributed by atoms with van der Waals surface area (Å²) in [7, 11) is 5.40. The second-order valence-corrected chi connectivity index (χ2v) is 7.59. The largest absolute Gasteiger partial charge is 0.444 e. The van der Waals surface area contributed by atoms with E-state index in [9.17, 15) is 9.59 Å². The number of rotatable bonds is 6. The van der Waals surface area contributed by atoms with Crippen molar-refractivity contribution in [1.82, 2.24) is 19.8 Å². The summed E-state index contributed by atoms with van der Waals surface area (Å²) in [5.41, 5.74) is 0.667. The fraction of sp³-hybridized carbons (Fsp3) is 0.556. The first-order valence-corrected chi connectivity index (χ1v) is 8.81. The van der Waals surface area contributed by atoms with Crippen molar-refractivity contribution in [2.24, 2.45) is 0 Å². The first-order chi connectivity index (χ1) is 12.6. The summed E-state index contributed by atoms with van der Waals surface area (Å²) in [6, 6.07) is 0. The molecule has 2 amide bonds. The van der Waals surface area contributed by atoms with Crippen LogP contribution in [0, 0.1) is 0 Å². The topological polar surface area (TPSA) is 99.7 Å². The third-order valence-corrected chi connectivity index (χ3v) is 3.65. The Morgan fingerprint density at radius 2 is 2.00 bits per heavy atom. The fourth-order valence-corrected chi connectivity index (χ4v) is 2.49. The Labute approximate surface area is 159 Å². The zero-order valence-electron chi connectivity index (χ0n) is 16.8. The highest BCUT2D eigenvalue weighted by Crippen LogP contribution is 2.34. The standard InChI is InChI=1S/C18H28N6O3/c1-18(2,3)27-17(26)24(6)9-7-8-19-14-13-12(10-23(4)5)16(25)22-15(13)21-11-20-14/h10-11H,7-9H2,1-6H3,(H2,19,20,21,22,25)/b12-10-. The second kappa shape index (κ2) is 8.24. The molecule has 1 aromatic heterocycles. The van der Waals surface area contributed by atoms with E-state index in [1.807, 2.05) is 34.9 Å². The third kappa shape index (κ3) is 5.57. The molecule has 0 fully saturated rings. The van der Waals surface area contributed by atoms with Crippen LogP contribution in [-0.4, -0.2) is 71.6 Å². The number of carbonyl (C=O) groups is 2. The van der Waals surface area contributed by atoms with Crippen molar-refractivity contribution >= 4 is 29.2 Å². The molecule has 1 aromatic rings.